The standard InChI is InChI=1S/C6H14O5/c1-3-4-5-6(2)8-10-11-9-7/h6-7H,3-5H2,1-2H3. The first-order chi connectivity index (χ1) is 5.31. The minimum atomic E-state index is -0.0647. The molecule has 0 aliphatic heterocycles. The van der Waals surface area contributed by atoms with E-state index in [0.29, 0.717) is 0 Å². The van der Waals surface area contributed by atoms with Crippen LogP contribution in [0.2, 0.25) is 0 Å². The predicted octanol–water partition coefficient (Wildman–Crippen LogP) is 1.85. The molecule has 0 aliphatic rings. The largest absolute Gasteiger partial charge is 0.219 e. The van der Waals surface area contributed by atoms with Gasteiger partial charge in [-0.2, -0.15) is 0 Å². The number of hydrogen-bond donors (Lipinski definition) is 1. The van der Waals surface area contributed by atoms with Crippen LogP contribution in [0.25, 0.3) is 0 Å². The summed E-state index contributed by atoms with van der Waals surface area (Å²) in [6.45, 7) is 3.91. The molecule has 1 atom stereocenters. The zero-order chi connectivity index (χ0) is 8.53. The zero-order valence-electron chi connectivity index (χ0n) is 6.78. The molecule has 5 heteroatoms. The highest BCUT2D eigenvalue weighted by molar-refractivity contribution is 4.45. The van der Waals surface area contributed by atoms with E-state index < -0.39 is 0 Å². The first-order valence-corrected chi connectivity index (χ1v) is 3.61. The van der Waals surface area contributed by atoms with Crippen LogP contribution in [0.15, 0.2) is 0 Å². The van der Waals surface area contributed by atoms with Crippen LogP contribution in [0.5, 0.6) is 0 Å². The van der Waals surface area contributed by atoms with E-state index in [-0.39, 0.29) is 6.10 Å². The van der Waals surface area contributed by atoms with Crippen molar-refractivity contribution < 1.29 is 25.3 Å². The van der Waals surface area contributed by atoms with Crippen molar-refractivity contribution >= 4 is 0 Å². The van der Waals surface area contributed by atoms with E-state index in [1.165, 1.54) is 0 Å². The van der Waals surface area contributed by atoms with Crippen LogP contribution in [-0.2, 0) is 20.0 Å². The van der Waals surface area contributed by atoms with E-state index in [4.69, 9.17) is 5.26 Å². The Hall–Kier alpha value is -0.200. The second-order valence-electron chi connectivity index (χ2n) is 2.26. The zero-order valence-corrected chi connectivity index (χ0v) is 6.78. The minimum absolute atomic E-state index is 0.0647. The van der Waals surface area contributed by atoms with E-state index in [9.17, 15) is 0 Å². The Labute approximate surface area is 65.5 Å². The lowest BCUT2D eigenvalue weighted by Crippen LogP contribution is -2.08. The summed E-state index contributed by atoms with van der Waals surface area (Å²) in [4.78, 5) is 4.58. The summed E-state index contributed by atoms with van der Waals surface area (Å²) in [6, 6.07) is 0. The van der Waals surface area contributed by atoms with Gasteiger partial charge in [0.15, 0.2) is 0 Å². The van der Waals surface area contributed by atoms with Crippen molar-refractivity contribution in [3.63, 3.8) is 0 Å². The highest BCUT2D eigenvalue weighted by Crippen LogP contribution is 2.03. The normalized spacial score (nSPS) is 13.4. The monoisotopic (exact) mass is 166 g/mol. The summed E-state index contributed by atoms with van der Waals surface area (Å²) < 4.78 is 0. The first-order valence-electron chi connectivity index (χ1n) is 3.61. The number of rotatable bonds is 7. The average molecular weight is 166 g/mol. The second kappa shape index (κ2) is 7.90. The van der Waals surface area contributed by atoms with Crippen molar-refractivity contribution in [2.75, 3.05) is 0 Å². The maximum atomic E-state index is 7.63. The molecule has 1 N–H and O–H groups in total. The van der Waals surface area contributed by atoms with Gasteiger partial charge >= 0.3 is 0 Å². The Bertz CT molecular complexity index is 77.4. The Kier molecular flexibility index (Phi) is 7.76. The molecule has 0 aromatic heterocycles. The van der Waals surface area contributed by atoms with Gasteiger partial charge in [0.2, 0.25) is 0 Å². The van der Waals surface area contributed by atoms with Gasteiger partial charge in [0.25, 0.3) is 0 Å². The van der Waals surface area contributed by atoms with Gasteiger partial charge in [0.1, 0.15) is 0 Å². The smallest absolute Gasteiger partial charge is 0.0934 e. The van der Waals surface area contributed by atoms with Crippen molar-refractivity contribution in [1.82, 2.24) is 0 Å². The molecule has 0 saturated carbocycles. The topological polar surface area (TPSA) is 57.2 Å². The lowest BCUT2D eigenvalue weighted by atomic mass is 10.2. The van der Waals surface area contributed by atoms with Crippen molar-refractivity contribution in [2.24, 2.45) is 0 Å². The summed E-state index contributed by atoms with van der Waals surface area (Å²) in [7, 11) is 0. The van der Waals surface area contributed by atoms with Gasteiger partial charge in [-0.3, -0.25) is 0 Å². The molecule has 0 heterocycles. The van der Waals surface area contributed by atoms with Crippen molar-refractivity contribution in [3.05, 3.63) is 0 Å². The van der Waals surface area contributed by atoms with Crippen molar-refractivity contribution in [3.8, 4) is 0 Å². The average Bonchev–Trinajstić information content (AvgIpc) is 2.01. The molecule has 68 valence electrons. The Morgan fingerprint density at radius 2 is 2.09 bits per heavy atom. The summed E-state index contributed by atoms with van der Waals surface area (Å²) >= 11 is 0. The predicted molar refractivity (Wildman–Crippen MR) is 36.0 cm³/mol. The maximum absolute atomic E-state index is 7.63. The Balaban J connectivity index is 3.02. The Morgan fingerprint density at radius 1 is 1.36 bits per heavy atom. The lowest BCUT2D eigenvalue weighted by Gasteiger charge is -2.07. The summed E-state index contributed by atoms with van der Waals surface area (Å²) in [6.07, 6.45) is 2.98. The van der Waals surface area contributed by atoms with Crippen LogP contribution in [0.4, 0.5) is 0 Å². The van der Waals surface area contributed by atoms with Gasteiger partial charge in [-0.05, 0) is 28.5 Å². The third kappa shape index (κ3) is 7.70. The molecule has 5 nitrogen and oxygen atoms in total. The fourth-order valence-electron chi connectivity index (χ4n) is 0.635. The fraction of sp³-hybridized carbons (Fsp3) is 1.00. The molecule has 0 radical (unpaired) electrons. The van der Waals surface area contributed by atoms with Crippen LogP contribution >= 0.6 is 0 Å². The van der Waals surface area contributed by atoms with E-state index in [1.54, 1.807) is 0 Å². The molecule has 11 heavy (non-hydrogen) atoms. The molecule has 0 amide bonds. The molecular weight excluding hydrogens is 152 g/mol. The first kappa shape index (κ1) is 10.8. The molecule has 0 aromatic carbocycles. The quantitative estimate of drug-likeness (QED) is 0.355. The molecule has 1 unspecified atom stereocenters. The van der Waals surface area contributed by atoms with Gasteiger partial charge in [-0.1, -0.05) is 19.8 Å². The Morgan fingerprint density at radius 3 is 2.64 bits per heavy atom. The van der Waals surface area contributed by atoms with Crippen molar-refractivity contribution in [1.29, 1.82) is 0 Å². The van der Waals surface area contributed by atoms with Gasteiger partial charge in [-0.25, -0.2) is 10.1 Å². The van der Waals surface area contributed by atoms with Gasteiger partial charge in [0.05, 0.1) is 6.10 Å². The van der Waals surface area contributed by atoms with Gasteiger partial charge in [-0.15, -0.1) is 0 Å². The van der Waals surface area contributed by atoms with Crippen LogP contribution < -0.4 is 0 Å². The second-order valence-corrected chi connectivity index (χ2v) is 2.26. The van der Waals surface area contributed by atoms with E-state index in [1.807, 2.05) is 6.92 Å². The molecule has 0 fully saturated rings. The minimum Gasteiger partial charge on any atom is -0.219 e. The molecular formula is C6H14O5. The highest BCUT2D eigenvalue weighted by atomic mass is 17.8. The van der Waals surface area contributed by atoms with Crippen molar-refractivity contribution in [2.45, 2.75) is 39.2 Å². The molecule has 0 rings (SSSR count). The van der Waals surface area contributed by atoms with Crippen LogP contribution in [0.3, 0.4) is 0 Å². The molecule has 0 bridgehead atoms. The summed E-state index contributed by atoms with van der Waals surface area (Å²) in [5, 5.41) is 18.4. The maximum Gasteiger partial charge on any atom is 0.0934 e. The van der Waals surface area contributed by atoms with Gasteiger partial charge < -0.3 is 0 Å². The molecule has 0 spiro atoms. The molecule has 0 aliphatic carbocycles. The molecule has 0 saturated heterocycles. The van der Waals surface area contributed by atoms with E-state index in [0.717, 1.165) is 19.3 Å². The summed E-state index contributed by atoms with van der Waals surface area (Å²) in [5.41, 5.74) is 0. The van der Waals surface area contributed by atoms with Crippen LogP contribution in [0, 0.1) is 0 Å². The van der Waals surface area contributed by atoms with Crippen LogP contribution in [0.1, 0.15) is 33.1 Å². The third-order valence-electron chi connectivity index (χ3n) is 1.23. The number of unbranched alkanes of at least 4 members (excludes halogenated alkanes) is 1. The van der Waals surface area contributed by atoms with Crippen LogP contribution in [-0.4, -0.2) is 11.4 Å². The SMILES string of the molecule is CCCCC(C)OOOOO. The number of hydrogen-bond acceptors (Lipinski definition) is 5. The molecule has 0 aromatic rings. The highest BCUT2D eigenvalue weighted by Gasteiger charge is 2.02. The summed E-state index contributed by atoms with van der Waals surface area (Å²) in [5.74, 6) is 0. The fourth-order valence-corrected chi connectivity index (χ4v) is 0.635. The van der Waals surface area contributed by atoms with E-state index in [2.05, 4.69) is 26.9 Å². The van der Waals surface area contributed by atoms with E-state index >= 15 is 0 Å². The third-order valence-corrected chi connectivity index (χ3v) is 1.23. The lowest BCUT2D eigenvalue weighted by molar-refractivity contribution is -0.706. The van der Waals surface area contributed by atoms with Gasteiger partial charge in [0, 0.05) is 0 Å².